The lowest BCUT2D eigenvalue weighted by molar-refractivity contribution is 0.0694. The van der Waals surface area contributed by atoms with Crippen LogP contribution in [0, 0.1) is 13.8 Å². The van der Waals surface area contributed by atoms with E-state index >= 15 is 0 Å². The first-order valence-corrected chi connectivity index (χ1v) is 11.4. The van der Waals surface area contributed by atoms with Gasteiger partial charge in [-0.2, -0.15) is 0 Å². The molecule has 31 heavy (non-hydrogen) atoms. The van der Waals surface area contributed by atoms with Gasteiger partial charge in [0.15, 0.2) is 0 Å². The molecule has 0 saturated heterocycles. The van der Waals surface area contributed by atoms with E-state index in [9.17, 15) is 9.90 Å². The fourth-order valence-corrected chi connectivity index (χ4v) is 6.28. The third kappa shape index (κ3) is 4.38. The Hall–Kier alpha value is -3.42. The van der Waals surface area contributed by atoms with Gasteiger partial charge in [0.25, 0.3) is 0 Å². The lowest BCUT2D eigenvalue weighted by Gasteiger charge is -2.25. The van der Waals surface area contributed by atoms with Gasteiger partial charge < -0.3 is 9.84 Å². The minimum Gasteiger partial charge on any atom is -0.478 e. The molecule has 3 nitrogen and oxygen atoms in total. The molecule has 0 atom stereocenters. The van der Waals surface area contributed by atoms with Crippen molar-refractivity contribution in [2.45, 2.75) is 13.8 Å². The lowest BCUT2D eigenvalue weighted by atomic mass is 10.2. The quantitative estimate of drug-likeness (QED) is 0.411. The topological polar surface area (TPSA) is 46.5 Å². The molecule has 0 aliphatic heterocycles. The zero-order valence-corrected chi connectivity index (χ0v) is 18.3. The highest BCUT2D eigenvalue weighted by Gasteiger charge is 2.24. The Morgan fingerprint density at radius 3 is 1.65 bits per heavy atom. The van der Waals surface area contributed by atoms with Gasteiger partial charge in [0.05, 0.1) is 0 Å². The Morgan fingerprint density at radius 2 is 1.10 bits per heavy atom. The second-order valence-electron chi connectivity index (χ2n) is 7.28. The highest BCUT2D eigenvalue weighted by Crippen LogP contribution is 2.39. The van der Waals surface area contributed by atoms with Crippen molar-refractivity contribution in [1.82, 2.24) is 0 Å². The molecule has 4 aromatic rings. The van der Waals surface area contributed by atoms with E-state index in [2.05, 4.69) is 68.4 Å². The largest absolute Gasteiger partial charge is 0.478 e. The van der Waals surface area contributed by atoms with E-state index in [-0.39, 0.29) is 5.56 Å². The minimum atomic E-state index is -1.01. The Morgan fingerprint density at radius 1 is 0.645 bits per heavy atom. The van der Waals surface area contributed by atoms with Crippen LogP contribution in [0.2, 0.25) is 0 Å². The maximum Gasteiger partial charge on any atom is 0.339 e. The van der Waals surface area contributed by atoms with E-state index < -0.39 is 13.9 Å². The predicted octanol–water partition coefficient (Wildman–Crippen LogP) is 5.55. The molecule has 1 N–H and O–H groups in total. The number of ether oxygens (including phenoxy) is 1. The summed E-state index contributed by atoms with van der Waals surface area (Å²) in [4.78, 5) is 11.7. The molecule has 0 aromatic heterocycles. The molecule has 0 radical (unpaired) electrons. The first-order chi connectivity index (χ1) is 15.1. The van der Waals surface area contributed by atoms with Gasteiger partial charge in [-0.05, 0) is 61.7 Å². The predicted molar refractivity (Wildman–Crippen MR) is 128 cm³/mol. The van der Waals surface area contributed by atoms with E-state index in [0.717, 1.165) is 5.30 Å². The summed E-state index contributed by atoms with van der Waals surface area (Å²) in [5, 5.41) is 13.1. The molecule has 0 amide bonds. The van der Waals surface area contributed by atoms with Crippen LogP contribution in [0.15, 0.2) is 97.1 Å². The van der Waals surface area contributed by atoms with Crippen molar-refractivity contribution in [2.24, 2.45) is 0 Å². The molecular weight excluding hydrogens is 403 g/mol. The molecule has 0 saturated carbocycles. The summed E-state index contributed by atoms with van der Waals surface area (Å²) in [6.45, 7) is 4.26. The van der Waals surface area contributed by atoms with Gasteiger partial charge in [-0.25, -0.2) is 4.79 Å². The van der Waals surface area contributed by atoms with Crippen LogP contribution in [-0.2, 0) is 0 Å². The molecule has 4 aromatic carbocycles. The van der Waals surface area contributed by atoms with Crippen molar-refractivity contribution < 1.29 is 14.6 Å². The van der Waals surface area contributed by atoms with Crippen LogP contribution in [0.25, 0.3) is 0 Å². The average molecular weight is 426 g/mol. The number of aromatic carboxylic acids is 1. The summed E-state index contributed by atoms with van der Waals surface area (Å²) in [5.74, 6) is 0.00828. The van der Waals surface area contributed by atoms with Crippen LogP contribution in [0.4, 0.5) is 0 Å². The van der Waals surface area contributed by atoms with Crippen molar-refractivity contribution in [1.29, 1.82) is 0 Å². The monoisotopic (exact) mass is 426 g/mol. The third-order valence-electron chi connectivity index (χ3n) is 5.16. The molecule has 0 unspecified atom stereocenters. The number of carboxylic acids is 1. The zero-order valence-electron chi connectivity index (χ0n) is 17.4. The zero-order chi connectivity index (χ0) is 21.8. The van der Waals surface area contributed by atoms with Gasteiger partial charge in [-0.15, -0.1) is 0 Å². The van der Waals surface area contributed by atoms with Crippen LogP contribution >= 0.6 is 7.92 Å². The molecule has 4 rings (SSSR count). The molecule has 0 aliphatic carbocycles. The number of carbonyl (C=O) groups is 1. The summed E-state index contributed by atoms with van der Waals surface area (Å²) in [6.07, 6.45) is 0. The maximum absolute atomic E-state index is 11.7. The molecular formula is C27H23O3P. The molecule has 0 aliphatic rings. The molecule has 0 spiro atoms. The van der Waals surface area contributed by atoms with Gasteiger partial charge in [0, 0.05) is 5.30 Å². The van der Waals surface area contributed by atoms with E-state index in [1.165, 1.54) is 21.7 Å². The van der Waals surface area contributed by atoms with Crippen molar-refractivity contribution in [3.63, 3.8) is 0 Å². The highest BCUT2D eigenvalue weighted by atomic mass is 31.1. The second-order valence-corrected chi connectivity index (χ2v) is 9.40. The first kappa shape index (κ1) is 20.8. The van der Waals surface area contributed by atoms with Gasteiger partial charge in [0.2, 0.25) is 0 Å². The number of aryl methyl sites for hydroxylation is 2. The third-order valence-corrected chi connectivity index (χ3v) is 7.97. The van der Waals surface area contributed by atoms with Gasteiger partial charge in [0.1, 0.15) is 17.1 Å². The Balaban J connectivity index is 1.90. The standard InChI is InChI=1S/C27H23O3P/c1-19-11-3-8-16-24(19)31(25-17-9-4-12-20(25)2)26-18-10-7-15-23(26)30-22-14-6-5-13-21(22)27(28)29/h3-18H,1-2H3,(H,28,29). The highest BCUT2D eigenvalue weighted by molar-refractivity contribution is 7.80. The Bertz CT molecular complexity index is 1190. The van der Waals surface area contributed by atoms with Crippen molar-refractivity contribution >= 4 is 29.8 Å². The lowest BCUT2D eigenvalue weighted by Crippen LogP contribution is -2.25. The van der Waals surface area contributed by atoms with Crippen LogP contribution in [0.1, 0.15) is 21.5 Å². The summed E-state index contributed by atoms with van der Waals surface area (Å²) >= 11 is 0. The Kier molecular flexibility index (Phi) is 6.16. The van der Waals surface area contributed by atoms with Gasteiger partial charge in [-0.1, -0.05) is 78.9 Å². The molecule has 0 fully saturated rings. The molecule has 154 valence electrons. The number of hydrogen-bond acceptors (Lipinski definition) is 2. The van der Waals surface area contributed by atoms with E-state index in [1.54, 1.807) is 24.3 Å². The van der Waals surface area contributed by atoms with E-state index in [1.807, 2.05) is 18.2 Å². The van der Waals surface area contributed by atoms with Crippen LogP contribution in [0.5, 0.6) is 11.5 Å². The van der Waals surface area contributed by atoms with Crippen LogP contribution in [-0.4, -0.2) is 11.1 Å². The number of benzene rings is 4. The molecule has 0 bridgehead atoms. The summed E-state index contributed by atoms with van der Waals surface area (Å²) < 4.78 is 6.24. The average Bonchev–Trinajstić information content (AvgIpc) is 2.78. The first-order valence-electron chi connectivity index (χ1n) is 10.1. The minimum absolute atomic E-state index is 0.147. The van der Waals surface area contributed by atoms with Crippen molar-refractivity contribution in [3.8, 4) is 11.5 Å². The fourth-order valence-electron chi connectivity index (χ4n) is 3.60. The summed E-state index contributed by atoms with van der Waals surface area (Å²) in [5.41, 5.74) is 2.59. The summed E-state index contributed by atoms with van der Waals surface area (Å²) in [7, 11) is -0.902. The van der Waals surface area contributed by atoms with Crippen LogP contribution < -0.4 is 20.7 Å². The maximum atomic E-state index is 11.7. The van der Waals surface area contributed by atoms with Gasteiger partial charge in [-0.3, -0.25) is 0 Å². The molecule has 4 heteroatoms. The van der Waals surface area contributed by atoms with Crippen molar-refractivity contribution in [2.75, 3.05) is 0 Å². The van der Waals surface area contributed by atoms with E-state index in [0.29, 0.717) is 11.5 Å². The number of hydrogen-bond donors (Lipinski definition) is 1. The van der Waals surface area contributed by atoms with E-state index in [4.69, 9.17) is 4.74 Å². The SMILES string of the molecule is Cc1ccccc1P(c1ccccc1C)c1ccccc1Oc1ccccc1C(=O)O. The summed E-state index contributed by atoms with van der Waals surface area (Å²) in [6, 6.07) is 31.5. The fraction of sp³-hybridized carbons (Fsp3) is 0.0741. The second kappa shape index (κ2) is 9.16. The normalized spacial score (nSPS) is 10.8. The van der Waals surface area contributed by atoms with Gasteiger partial charge >= 0.3 is 5.97 Å². The molecule has 0 heterocycles. The smallest absolute Gasteiger partial charge is 0.339 e. The van der Waals surface area contributed by atoms with Crippen LogP contribution in [0.3, 0.4) is 0 Å². The number of para-hydroxylation sites is 2. The number of carboxylic acid groups (broad SMARTS) is 1. The number of rotatable bonds is 6. The Labute approximate surface area is 183 Å². The van der Waals surface area contributed by atoms with Crippen molar-refractivity contribution in [3.05, 3.63) is 114 Å².